The van der Waals surface area contributed by atoms with Crippen LogP contribution in [0, 0.1) is 0 Å². The van der Waals surface area contributed by atoms with Crippen LogP contribution in [0.4, 0.5) is 5.69 Å². The van der Waals surface area contributed by atoms with Gasteiger partial charge in [0.25, 0.3) is 5.91 Å². The Balaban J connectivity index is 2.21. The van der Waals surface area contributed by atoms with Crippen LogP contribution in [-0.4, -0.2) is 30.4 Å². The van der Waals surface area contributed by atoms with E-state index in [2.05, 4.69) is 26.6 Å². The topological polar surface area (TPSA) is 84.5 Å². The summed E-state index contributed by atoms with van der Waals surface area (Å²) < 4.78 is 6.04. The Morgan fingerprint density at radius 2 is 1.79 bits per heavy atom. The van der Waals surface area contributed by atoms with Crippen LogP contribution in [0.1, 0.15) is 39.5 Å². The van der Waals surface area contributed by atoms with Gasteiger partial charge in [-0.15, -0.1) is 0 Å². The number of carbonyl (C=O) groups excluding carboxylic acids is 3. The smallest absolute Gasteiger partial charge is 0.306 e. The highest BCUT2D eigenvalue weighted by atomic mass is 79.9. The van der Waals surface area contributed by atoms with Gasteiger partial charge in [0.05, 0.1) is 0 Å². The van der Waals surface area contributed by atoms with Crippen molar-refractivity contribution in [2.75, 3.05) is 11.9 Å². The van der Waals surface area contributed by atoms with Gasteiger partial charge in [0.15, 0.2) is 6.10 Å². The Hall–Kier alpha value is -1.89. The molecule has 0 saturated heterocycles. The van der Waals surface area contributed by atoms with Gasteiger partial charge in [0, 0.05) is 30.0 Å². The zero-order valence-corrected chi connectivity index (χ0v) is 15.5. The van der Waals surface area contributed by atoms with E-state index >= 15 is 0 Å². The van der Waals surface area contributed by atoms with E-state index in [0.29, 0.717) is 18.7 Å². The SMILES string of the molecule is CC(=O)NCCCCCC(=O)OC(C)C(=O)Nc1ccc(Br)cc1. The van der Waals surface area contributed by atoms with Gasteiger partial charge in [-0.25, -0.2) is 0 Å². The van der Waals surface area contributed by atoms with Gasteiger partial charge in [-0.3, -0.25) is 14.4 Å². The molecule has 2 N–H and O–H groups in total. The molecule has 24 heavy (non-hydrogen) atoms. The first kappa shape index (κ1) is 20.2. The van der Waals surface area contributed by atoms with Crippen LogP contribution in [0.5, 0.6) is 0 Å². The Morgan fingerprint density at radius 1 is 1.12 bits per heavy atom. The minimum atomic E-state index is -0.847. The molecule has 0 spiro atoms. The van der Waals surface area contributed by atoms with Crippen molar-refractivity contribution < 1.29 is 19.1 Å². The Labute approximate surface area is 150 Å². The molecule has 0 radical (unpaired) electrons. The Bertz CT molecular complexity index is 560. The second kappa shape index (κ2) is 10.8. The number of anilines is 1. The Morgan fingerprint density at radius 3 is 2.42 bits per heavy atom. The van der Waals surface area contributed by atoms with Crippen molar-refractivity contribution in [3.05, 3.63) is 28.7 Å². The van der Waals surface area contributed by atoms with Crippen molar-refractivity contribution >= 4 is 39.4 Å². The van der Waals surface area contributed by atoms with E-state index in [1.807, 2.05) is 12.1 Å². The lowest BCUT2D eigenvalue weighted by molar-refractivity contribution is -0.153. The van der Waals surface area contributed by atoms with Crippen molar-refractivity contribution in [1.29, 1.82) is 0 Å². The fraction of sp³-hybridized carbons (Fsp3) is 0.471. The molecule has 132 valence electrons. The summed E-state index contributed by atoms with van der Waals surface area (Å²) in [7, 11) is 0. The van der Waals surface area contributed by atoms with E-state index in [1.165, 1.54) is 6.92 Å². The van der Waals surface area contributed by atoms with Gasteiger partial charge in [0.1, 0.15) is 0 Å². The molecule has 1 atom stereocenters. The third-order valence-corrected chi connectivity index (χ3v) is 3.75. The lowest BCUT2D eigenvalue weighted by Gasteiger charge is -2.13. The number of rotatable bonds is 9. The highest BCUT2D eigenvalue weighted by molar-refractivity contribution is 9.10. The molecule has 0 aliphatic heterocycles. The van der Waals surface area contributed by atoms with Gasteiger partial charge < -0.3 is 15.4 Å². The number of ether oxygens (including phenoxy) is 1. The van der Waals surface area contributed by atoms with Crippen molar-refractivity contribution in [2.24, 2.45) is 0 Å². The van der Waals surface area contributed by atoms with Crippen LogP contribution < -0.4 is 10.6 Å². The quantitative estimate of drug-likeness (QED) is 0.494. The molecule has 1 aromatic rings. The minimum Gasteiger partial charge on any atom is -0.453 e. The molecule has 0 aromatic heterocycles. The molecule has 2 amide bonds. The van der Waals surface area contributed by atoms with Gasteiger partial charge in [-0.2, -0.15) is 0 Å². The fourth-order valence-electron chi connectivity index (χ4n) is 1.92. The minimum absolute atomic E-state index is 0.0555. The van der Waals surface area contributed by atoms with Crippen molar-refractivity contribution in [1.82, 2.24) is 5.32 Å². The molecule has 0 fully saturated rings. The maximum absolute atomic E-state index is 12.0. The van der Waals surface area contributed by atoms with E-state index in [1.54, 1.807) is 19.1 Å². The maximum Gasteiger partial charge on any atom is 0.306 e. The molecule has 1 aromatic carbocycles. The lowest BCUT2D eigenvalue weighted by atomic mass is 10.2. The van der Waals surface area contributed by atoms with Crippen LogP contribution >= 0.6 is 15.9 Å². The first-order valence-electron chi connectivity index (χ1n) is 7.89. The van der Waals surface area contributed by atoms with Gasteiger partial charge in [-0.1, -0.05) is 22.4 Å². The van der Waals surface area contributed by atoms with Gasteiger partial charge >= 0.3 is 5.97 Å². The van der Waals surface area contributed by atoms with Crippen molar-refractivity contribution in [3.8, 4) is 0 Å². The Kier molecular flexibility index (Phi) is 9.07. The predicted octanol–water partition coefficient (Wildman–Crippen LogP) is 3.02. The fourth-order valence-corrected chi connectivity index (χ4v) is 2.19. The standard InChI is InChI=1S/C17H23BrN2O4/c1-12(17(23)20-15-9-7-14(18)8-10-15)24-16(22)6-4-3-5-11-19-13(2)21/h7-10,12H,3-6,11H2,1-2H3,(H,19,21)(H,20,23). The molecule has 1 rings (SSSR count). The van der Waals surface area contributed by atoms with Gasteiger partial charge in [-0.05, 0) is 44.0 Å². The number of hydrogen-bond donors (Lipinski definition) is 2. The average Bonchev–Trinajstić information content (AvgIpc) is 2.52. The number of esters is 1. The molecule has 0 saturated carbocycles. The zero-order valence-electron chi connectivity index (χ0n) is 13.9. The summed E-state index contributed by atoms with van der Waals surface area (Å²) in [5, 5.41) is 5.39. The highest BCUT2D eigenvalue weighted by Crippen LogP contribution is 2.14. The normalized spacial score (nSPS) is 11.5. The number of amides is 2. The lowest BCUT2D eigenvalue weighted by Crippen LogP contribution is -2.29. The molecule has 0 bridgehead atoms. The molecule has 7 heteroatoms. The molecular formula is C17H23BrN2O4. The summed E-state index contributed by atoms with van der Waals surface area (Å²) >= 11 is 3.32. The summed E-state index contributed by atoms with van der Waals surface area (Å²) in [4.78, 5) is 34.4. The van der Waals surface area contributed by atoms with Crippen LogP contribution in [0.25, 0.3) is 0 Å². The zero-order chi connectivity index (χ0) is 17.9. The molecule has 1 unspecified atom stereocenters. The molecule has 6 nitrogen and oxygen atoms in total. The van der Waals surface area contributed by atoms with Crippen LogP contribution in [0.15, 0.2) is 28.7 Å². The summed E-state index contributed by atoms with van der Waals surface area (Å²) in [5.74, 6) is -0.815. The number of halogens is 1. The molecule has 0 heterocycles. The third-order valence-electron chi connectivity index (χ3n) is 3.22. The van der Waals surface area contributed by atoms with E-state index in [4.69, 9.17) is 4.74 Å². The number of hydrogen-bond acceptors (Lipinski definition) is 4. The molecule has 0 aliphatic rings. The van der Waals surface area contributed by atoms with Crippen molar-refractivity contribution in [3.63, 3.8) is 0 Å². The first-order valence-corrected chi connectivity index (χ1v) is 8.68. The van der Waals surface area contributed by atoms with Gasteiger partial charge in [0.2, 0.25) is 5.91 Å². The van der Waals surface area contributed by atoms with Crippen LogP contribution in [-0.2, 0) is 19.1 Å². The van der Waals surface area contributed by atoms with Crippen LogP contribution in [0.2, 0.25) is 0 Å². The number of carbonyl (C=O) groups is 3. The second-order valence-corrected chi connectivity index (χ2v) is 6.34. The number of benzene rings is 1. The third kappa shape index (κ3) is 8.67. The van der Waals surface area contributed by atoms with Crippen LogP contribution in [0.3, 0.4) is 0 Å². The van der Waals surface area contributed by atoms with E-state index in [9.17, 15) is 14.4 Å². The average molecular weight is 399 g/mol. The van der Waals surface area contributed by atoms with E-state index < -0.39 is 12.1 Å². The number of nitrogens with one attached hydrogen (secondary N) is 2. The van der Waals surface area contributed by atoms with Crippen molar-refractivity contribution in [2.45, 2.75) is 45.6 Å². The summed E-state index contributed by atoms with van der Waals surface area (Å²) in [6, 6.07) is 7.14. The largest absolute Gasteiger partial charge is 0.453 e. The second-order valence-electron chi connectivity index (χ2n) is 5.42. The maximum atomic E-state index is 12.0. The molecule has 0 aliphatic carbocycles. The highest BCUT2D eigenvalue weighted by Gasteiger charge is 2.17. The van der Waals surface area contributed by atoms with E-state index in [-0.39, 0.29) is 18.2 Å². The first-order chi connectivity index (χ1) is 11.4. The molecular weight excluding hydrogens is 376 g/mol. The monoisotopic (exact) mass is 398 g/mol. The summed E-state index contributed by atoms with van der Waals surface area (Å²) in [6.07, 6.45) is 1.71. The number of unbranched alkanes of at least 4 members (excludes halogenated alkanes) is 2. The van der Waals surface area contributed by atoms with E-state index in [0.717, 1.165) is 17.3 Å². The summed E-state index contributed by atoms with van der Waals surface area (Å²) in [6.45, 7) is 3.62. The predicted molar refractivity (Wildman–Crippen MR) is 95.5 cm³/mol. The summed E-state index contributed by atoms with van der Waals surface area (Å²) in [5.41, 5.74) is 0.643.